The van der Waals surface area contributed by atoms with Gasteiger partial charge in [-0.25, -0.2) is 18.8 Å². The first kappa shape index (κ1) is 28.9. The first-order valence-electron chi connectivity index (χ1n) is 12.0. The SMILES string of the molecule is C=C(/N=C\C(=C/C)C(F)(F)F)NCC1C(C)CC(F)(F)CN1C(=O)c1nc(C)ccc1-c1ccc(C)cn1. The fourth-order valence-corrected chi connectivity index (χ4v) is 4.30. The molecule has 6 nitrogen and oxygen atoms in total. The monoisotopic (exact) mass is 535 g/mol. The number of allylic oxidation sites excluding steroid dienone is 2. The lowest BCUT2D eigenvalue weighted by molar-refractivity contribution is -0.0913. The molecule has 3 rings (SSSR count). The van der Waals surface area contributed by atoms with E-state index in [1.807, 2.05) is 13.0 Å². The number of piperidine rings is 1. The van der Waals surface area contributed by atoms with Crippen LogP contribution in [0.2, 0.25) is 0 Å². The Balaban J connectivity index is 1.89. The molecule has 1 aliphatic rings. The minimum absolute atomic E-state index is 0.00370. The third-order valence-corrected chi connectivity index (χ3v) is 6.28. The number of aromatic nitrogens is 2. The molecule has 38 heavy (non-hydrogen) atoms. The highest BCUT2D eigenvalue weighted by Gasteiger charge is 2.46. The fourth-order valence-electron chi connectivity index (χ4n) is 4.30. The van der Waals surface area contributed by atoms with Gasteiger partial charge in [-0.2, -0.15) is 13.2 Å². The standard InChI is InChI=1S/C27H30F5N5O/c1-6-20(27(30,31)32)13-33-19(5)34-14-23-17(3)11-26(28,29)15-37(23)25(38)24-21(9-8-18(4)36-24)22-10-7-16(2)12-35-22/h6-10,12-13,17,23,34H,5,11,14-15H2,1-4H3/b20-6+,33-13-. The molecule has 1 N–H and O–H groups in total. The van der Waals surface area contributed by atoms with Crippen LogP contribution in [0.4, 0.5) is 22.0 Å². The first-order chi connectivity index (χ1) is 17.7. The summed E-state index contributed by atoms with van der Waals surface area (Å²) in [5.74, 6) is -4.55. The summed E-state index contributed by atoms with van der Waals surface area (Å²) in [6.45, 7) is 9.13. The molecule has 0 radical (unpaired) electrons. The van der Waals surface area contributed by atoms with Gasteiger partial charge in [-0.1, -0.05) is 25.6 Å². The summed E-state index contributed by atoms with van der Waals surface area (Å²) in [6, 6.07) is 6.22. The summed E-state index contributed by atoms with van der Waals surface area (Å²) < 4.78 is 68.1. The Kier molecular flexibility index (Phi) is 8.68. The molecule has 1 amide bonds. The second-order valence-corrected chi connectivity index (χ2v) is 9.43. The van der Waals surface area contributed by atoms with Gasteiger partial charge in [-0.15, -0.1) is 0 Å². The maximum atomic E-state index is 14.7. The maximum Gasteiger partial charge on any atom is 0.417 e. The highest BCUT2D eigenvalue weighted by Crippen LogP contribution is 2.36. The number of hydrogen-bond donors (Lipinski definition) is 1. The minimum Gasteiger partial charge on any atom is -0.368 e. The zero-order chi connectivity index (χ0) is 28.3. The van der Waals surface area contributed by atoms with Crippen LogP contribution >= 0.6 is 0 Å². The number of carbonyl (C=O) groups is 1. The Morgan fingerprint density at radius 2 is 1.97 bits per heavy atom. The van der Waals surface area contributed by atoms with Crippen LogP contribution in [-0.4, -0.2) is 58.2 Å². The molecule has 2 atom stereocenters. The van der Waals surface area contributed by atoms with Gasteiger partial charge in [-0.05, 0) is 50.5 Å². The average molecular weight is 536 g/mol. The molecule has 0 spiro atoms. The van der Waals surface area contributed by atoms with Gasteiger partial charge in [0.05, 0.1) is 23.9 Å². The lowest BCUT2D eigenvalue weighted by atomic mass is 9.88. The largest absolute Gasteiger partial charge is 0.417 e. The van der Waals surface area contributed by atoms with E-state index in [2.05, 4.69) is 26.9 Å². The van der Waals surface area contributed by atoms with Crippen molar-refractivity contribution in [1.82, 2.24) is 20.2 Å². The van der Waals surface area contributed by atoms with Gasteiger partial charge >= 0.3 is 6.18 Å². The lowest BCUT2D eigenvalue weighted by Crippen LogP contribution is -2.58. The number of likely N-dealkylation sites (tertiary alicyclic amines) is 1. The van der Waals surface area contributed by atoms with Crippen molar-refractivity contribution in [3.05, 3.63) is 71.5 Å². The van der Waals surface area contributed by atoms with Crippen molar-refractivity contribution in [3.8, 4) is 11.3 Å². The molecule has 2 unspecified atom stereocenters. The molecule has 1 fully saturated rings. The third-order valence-electron chi connectivity index (χ3n) is 6.28. The molecule has 1 saturated heterocycles. The Bertz CT molecular complexity index is 1240. The van der Waals surface area contributed by atoms with Crippen molar-refractivity contribution in [2.75, 3.05) is 13.1 Å². The van der Waals surface area contributed by atoms with E-state index in [9.17, 15) is 26.7 Å². The summed E-state index contributed by atoms with van der Waals surface area (Å²) in [6.07, 6.45) is -1.89. The summed E-state index contributed by atoms with van der Waals surface area (Å²) in [5, 5.41) is 2.78. The number of amides is 1. The normalized spacial score (nSPS) is 20.0. The molecular formula is C27H30F5N5O. The van der Waals surface area contributed by atoms with Gasteiger partial charge in [0.1, 0.15) is 11.5 Å². The maximum absolute atomic E-state index is 14.7. The fraction of sp³-hybridized carbons (Fsp3) is 0.407. The minimum atomic E-state index is -4.57. The Labute approximate surface area is 218 Å². The van der Waals surface area contributed by atoms with E-state index in [1.165, 1.54) is 6.92 Å². The quantitative estimate of drug-likeness (QED) is 0.355. The van der Waals surface area contributed by atoms with Crippen molar-refractivity contribution in [2.45, 2.75) is 52.3 Å². The number of nitrogens with zero attached hydrogens (tertiary/aromatic N) is 4. The van der Waals surface area contributed by atoms with Crippen molar-refractivity contribution in [3.63, 3.8) is 0 Å². The number of aryl methyl sites for hydroxylation is 2. The molecule has 204 valence electrons. The molecule has 0 aliphatic carbocycles. The van der Waals surface area contributed by atoms with Crippen LogP contribution in [0, 0.1) is 19.8 Å². The van der Waals surface area contributed by atoms with E-state index in [4.69, 9.17) is 0 Å². The highest BCUT2D eigenvalue weighted by atomic mass is 19.4. The zero-order valence-electron chi connectivity index (χ0n) is 21.6. The number of hydrogen-bond acceptors (Lipinski definition) is 5. The molecule has 0 saturated carbocycles. The number of halogens is 5. The van der Waals surface area contributed by atoms with Crippen LogP contribution in [0.25, 0.3) is 11.3 Å². The Morgan fingerprint density at radius 3 is 2.58 bits per heavy atom. The van der Waals surface area contributed by atoms with E-state index < -0.39 is 48.5 Å². The van der Waals surface area contributed by atoms with Crippen LogP contribution in [-0.2, 0) is 0 Å². The second kappa shape index (κ2) is 11.4. The number of nitrogens with one attached hydrogen (secondary N) is 1. The van der Waals surface area contributed by atoms with Gasteiger partial charge < -0.3 is 10.2 Å². The summed E-state index contributed by atoms with van der Waals surface area (Å²) in [7, 11) is 0. The van der Waals surface area contributed by atoms with E-state index >= 15 is 0 Å². The van der Waals surface area contributed by atoms with Gasteiger partial charge in [0.25, 0.3) is 11.8 Å². The Hall–Kier alpha value is -3.63. The van der Waals surface area contributed by atoms with Crippen LogP contribution in [0.5, 0.6) is 0 Å². The molecule has 1 aliphatic heterocycles. The van der Waals surface area contributed by atoms with Crippen molar-refractivity contribution < 1.29 is 26.7 Å². The van der Waals surface area contributed by atoms with Crippen LogP contribution in [0.3, 0.4) is 0 Å². The van der Waals surface area contributed by atoms with Gasteiger partial charge in [-0.3, -0.25) is 9.78 Å². The smallest absolute Gasteiger partial charge is 0.368 e. The van der Waals surface area contributed by atoms with E-state index in [0.717, 1.165) is 16.5 Å². The zero-order valence-corrected chi connectivity index (χ0v) is 21.6. The topological polar surface area (TPSA) is 70.5 Å². The van der Waals surface area contributed by atoms with Crippen molar-refractivity contribution in [2.24, 2.45) is 10.9 Å². The molecule has 3 heterocycles. The molecule has 2 aromatic heterocycles. The predicted octanol–water partition coefficient (Wildman–Crippen LogP) is 5.89. The van der Waals surface area contributed by atoms with E-state index in [-0.39, 0.29) is 18.1 Å². The number of rotatable bonds is 7. The van der Waals surface area contributed by atoms with Crippen molar-refractivity contribution in [1.29, 1.82) is 0 Å². The van der Waals surface area contributed by atoms with Gasteiger partial charge in [0.15, 0.2) is 0 Å². The first-order valence-corrected chi connectivity index (χ1v) is 12.0. The Morgan fingerprint density at radius 1 is 1.26 bits per heavy atom. The average Bonchev–Trinajstić information content (AvgIpc) is 2.82. The van der Waals surface area contributed by atoms with Gasteiger partial charge in [0.2, 0.25) is 0 Å². The summed E-state index contributed by atoms with van der Waals surface area (Å²) in [5.41, 5.74) is 1.38. The second-order valence-electron chi connectivity index (χ2n) is 9.43. The van der Waals surface area contributed by atoms with Crippen LogP contribution in [0.15, 0.2) is 59.5 Å². The van der Waals surface area contributed by atoms with Gasteiger partial charge in [0, 0.05) is 36.6 Å². The molecule has 2 aromatic rings. The van der Waals surface area contributed by atoms with E-state index in [1.54, 1.807) is 38.2 Å². The van der Waals surface area contributed by atoms with E-state index in [0.29, 0.717) is 23.2 Å². The third kappa shape index (κ3) is 7.02. The van der Waals surface area contributed by atoms with Crippen molar-refractivity contribution >= 4 is 12.1 Å². The molecular weight excluding hydrogens is 505 g/mol. The van der Waals surface area contributed by atoms with Crippen LogP contribution < -0.4 is 5.32 Å². The molecule has 11 heteroatoms. The number of pyridine rings is 2. The number of alkyl halides is 5. The summed E-state index contributed by atoms with van der Waals surface area (Å²) >= 11 is 0. The number of carbonyl (C=O) groups excluding carboxylic acids is 1. The van der Waals surface area contributed by atoms with Crippen LogP contribution in [0.1, 0.15) is 42.0 Å². The highest BCUT2D eigenvalue weighted by molar-refractivity contribution is 5.99. The number of aliphatic imine (C=N–C) groups is 1. The summed E-state index contributed by atoms with van der Waals surface area (Å²) in [4.78, 5) is 27.3. The lowest BCUT2D eigenvalue weighted by Gasteiger charge is -2.43. The molecule has 0 bridgehead atoms. The molecule has 0 aromatic carbocycles. The predicted molar refractivity (Wildman–Crippen MR) is 136 cm³/mol.